The molecule has 2 aromatic carbocycles. The predicted molar refractivity (Wildman–Crippen MR) is 134 cm³/mol. The van der Waals surface area contributed by atoms with Crippen LogP contribution in [0.5, 0.6) is 0 Å². The Morgan fingerprint density at radius 1 is 1.06 bits per heavy atom. The summed E-state index contributed by atoms with van der Waals surface area (Å²) in [5.74, 6) is -0.410. The molecule has 0 fully saturated rings. The Morgan fingerprint density at radius 2 is 1.85 bits per heavy atom. The fourth-order valence-corrected chi connectivity index (χ4v) is 3.65. The average molecular weight is 476 g/mol. The molecule has 0 bridgehead atoms. The largest absolute Gasteiger partial charge is 0.352 e. The fourth-order valence-electron chi connectivity index (χ4n) is 3.44. The second kappa shape index (κ2) is 9.27. The number of carbonyl (C=O) groups is 2. The van der Waals surface area contributed by atoms with Crippen LogP contribution in [0.3, 0.4) is 0 Å². The molecule has 4 rings (SSSR count). The summed E-state index contributed by atoms with van der Waals surface area (Å²) in [5, 5.41) is 11.5. The standard InChI is InChI=1S/C26H26ClN5O2/c1-16-8-10-18(14-28-16)32-23-7-5-6-22(20(23)15-30-32)31-24(33)19-12-17(9-11-21(19)27)13-29-25(34)26(2,3)4/h5-12,14-15H,13H2,1-4H3,(H,29,34)(H,31,33). The Hall–Kier alpha value is -3.71. The third-order valence-electron chi connectivity index (χ3n) is 5.41. The van der Waals surface area contributed by atoms with E-state index in [0.717, 1.165) is 27.8 Å². The minimum Gasteiger partial charge on any atom is -0.352 e. The molecule has 0 aliphatic rings. The van der Waals surface area contributed by atoms with Crippen LogP contribution in [0.25, 0.3) is 16.6 Å². The van der Waals surface area contributed by atoms with Crippen LogP contribution in [0.15, 0.2) is 60.9 Å². The van der Waals surface area contributed by atoms with E-state index in [1.165, 1.54) is 0 Å². The molecule has 0 saturated heterocycles. The number of hydrogen-bond donors (Lipinski definition) is 2. The summed E-state index contributed by atoms with van der Waals surface area (Å²) >= 11 is 6.34. The van der Waals surface area contributed by atoms with Crippen LogP contribution in [0.1, 0.15) is 42.4 Å². The number of nitrogens with zero attached hydrogens (tertiary/aromatic N) is 3. The first-order valence-electron chi connectivity index (χ1n) is 10.9. The Kier molecular flexibility index (Phi) is 6.39. The number of aromatic nitrogens is 3. The van der Waals surface area contributed by atoms with E-state index in [1.54, 1.807) is 35.3 Å². The van der Waals surface area contributed by atoms with Crippen molar-refractivity contribution >= 4 is 40.0 Å². The average Bonchev–Trinajstić information content (AvgIpc) is 3.23. The number of nitrogens with one attached hydrogen (secondary N) is 2. The molecule has 8 heteroatoms. The highest BCUT2D eigenvalue weighted by molar-refractivity contribution is 6.34. The predicted octanol–water partition coefficient (Wildman–Crippen LogP) is 5.30. The maximum atomic E-state index is 13.1. The van der Waals surface area contributed by atoms with Gasteiger partial charge in [0.2, 0.25) is 5.91 Å². The number of amides is 2. The van der Waals surface area contributed by atoms with Crippen molar-refractivity contribution in [3.8, 4) is 5.69 Å². The van der Waals surface area contributed by atoms with Crippen molar-refractivity contribution in [3.63, 3.8) is 0 Å². The molecule has 7 nitrogen and oxygen atoms in total. The van der Waals surface area contributed by atoms with E-state index >= 15 is 0 Å². The lowest BCUT2D eigenvalue weighted by atomic mass is 9.95. The van der Waals surface area contributed by atoms with E-state index in [-0.39, 0.29) is 11.8 Å². The molecule has 2 heterocycles. The number of aryl methyl sites for hydroxylation is 1. The Labute approximate surface area is 203 Å². The number of hydrogen-bond acceptors (Lipinski definition) is 4. The van der Waals surface area contributed by atoms with Crippen LogP contribution in [0.2, 0.25) is 5.02 Å². The number of carbonyl (C=O) groups excluding carboxylic acids is 2. The van der Waals surface area contributed by atoms with E-state index in [2.05, 4.69) is 20.7 Å². The van der Waals surface area contributed by atoms with Crippen molar-refractivity contribution in [2.75, 3.05) is 5.32 Å². The van der Waals surface area contributed by atoms with E-state index in [0.29, 0.717) is 22.8 Å². The molecule has 0 radical (unpaired) electrons. The third-order valence-corrected chi connectivity index (χ3v) is 5.74. The number of anilines is 1. The first-order chi connectivity index (χ1) is 16.1. The van der Waals surface area contributed by atoms with Crippen molar-refractivity contribution in [2.24, 2.45) is 5.41 Å². The molecule has 0 aliphatic carbocycles. The molecular formula is C26H26ClN5O2. The van der Waals surface area contributed by atoms with Gasteiger partial charge in [0.15, 0.2) is 0 Å². The molecule has 4 aromatic rings. The van der Waals surface area contributed by atoms with Gasteiger partial charge in [-0.25, -0.2) is 4.68 Å². The molecule has 0 atom stereocenters. The summed E-state index contributed by atoms with van der Waals surface area (Å²) in [6.45, 7) is 7.78. The second-order valence-electron chi connectivity index (χ2n) is 9.15. The third kappa shape index (κ3) is 4.94. The van der Waals surface area contributed by atoms with Crippen molar-refractivity contribution < 1.29 is 9.59 Å². The Balaban J connectivity index is 1.57. The van der Waals surface area contributed by atoms with Gasteiger partial charge in [-0.05, 0) is 48.9 Å². The fraction of sp³-hybridized carbons (Fsp3) is 0.231. The van der Waals surface area contributed by atoms with Gasteiger partial charge in [0.25, 0.3) is 5.91 Å². The van der Waals surface area contributed by atoms with Crippen LogP contribution >= 0.6 is 11.6 Å². The summed E-state index contributed by atoms with van der Waals surface area (Å²) in [5.41, 5.74) is 3.83. The molecule has 0 spiro atoms. The number of benzene rings is 2. The molecule has 0 saturated carbocycles. The van der Waals surface area contributed by atoms with E-state index in [1.807, 2.05) is 58.0 Å². The van der Waals surface area contributed by atoms with E-state index in [9.17, 15) is 9.59 Å². The zero-order valence-electron chi connectivity index (χ0n) is 19.5. The molecule has 2 N–H and O–H groups in total. The van der Waals surface area contributed by atoms with E-state index in [4.69, 9.17) is 11.6 Å². The van der Waals surface area contributed by atoms with Gasteiger partial charge in [-0.2, -0.15) is 5.10 Å². The molecular weight excluding hydrogens is 450 g/mol. The van der Waals surface area contributed by atoms with Gasteiger partial charge in [0.05, 0.1) is 39.9 Å². The van der Waals surface area contributed by atoms with Crippen LogP contribution in [-0.2, 0) is 11.3 Å². The monoisotopic (exact) mass is 475 g/mol. The maximum absolute atomic E-state index is 13.1. The molecule has 34 heavy (non-hydrogen) atoms. The topological polar surface area (TPSA) is 88.9 Å². The molecule has 2 amide bonds. The zero-order chi connectivity index (χ0) is 24.5. The highest BCUT2D eigenvalue weighted by Gasteiger charge is 2.21. The minimum atomic E-state index is -0.496. The number of rotatable bonds is 5. The lowest BCUT2D eigenvalue weighted by Gasteiger charge is -2.18. The summed E-state index contributed by atoms with van der Waals surface area (Å²) < 4.78 is 1.78. The molecule has 0 unspecified atom stereocenters. The van der Waals surface area contributed by atoms with Crippen molar-refractivity contribution in [1.82, 2.24) is 20.1 Å². The minimum absolute atomic E-state index is 0.0686. The van der Waals surface area contributed by atoms with Crippen LogP contribution in [0.4, 0.5) is 5.69 Å². The number of fused-ring (bicyclic) bond motifs is 1. The van der Waals surface area contributed by atoms with Gasteiger partial charge in [-0.1, -0.05) is 44.5 Å². The van der Waals surface area contributed by atoms with Crippen LogP contribution in [0, 0.1) is 12.3 Å². The lowest BCUT2D eigenvalue weighted by Crippen LogP contribution is -2.34. The smallest absolute Gasteiger partial charge is 0.257 e. The zero-order valence-corrected chi connectivity index (χ0v) is 20.3. The van der Waals surface area contributed by atoms with Crippen molar-refractivity contribution in [1.29, 1.82) is 0 Å². The van der Waals surface area contributed by atoms with Gasteiger partial charge < -0.3 is 10.6 Å². The van der Waals surface area contributed by atoms with E-state index < -0.39 is 5.41 Å². The number of halogens is 1. The van der Waals surface area contributed by atoms with Gasteiger partial charge >= 0.3 is 0 Å². The van der Waals surface area contributed by atoms with Crippen LogP contribution < -0.4 is 10.6 Å². The van der Waals surface area contributed by atoms with Gasteiger partial charge in [-0.3, -0.25) is 14.6 Å². The summed E-state index contributed by atoms with van der Waals surface area (Å²) in [7, 11) is 0. The van der Waals surface area contributed by atoms with Crippen molar-refractivity contribution in [3.05, 3.63) is 82.8 Å². The molecule has 2 aromatic heterocycles. The van der Waals surface area contributed by atoms with Gasteiger partial charge in [0, 0.05) is 23.0 Å². The normalized spacial score (nSPS) is 11.4. The Bertz CT molecular complexity index is 1370. The highest BCUT2D eigenvalue weighted by atomic mass is 35.5. The summed E-state index contributed by atoms with van der Waals surface area (Å²) in [4.78, 5) is 29.6. The highest BCUT2D eigenvalue weighted by Crippen LogP contribution is 2.27. The summed E-state index contributed by atoms with van der Waals surface area (Å²) in [6, 6.07) is 14.6. The first-order valence-corrected chi connectivity index (χ1v) is 11.3. The summed E-state index contributed by atoms with van der Waals surface area (Å²) in [6.07, 6.45) is 3.47. The number of pyridine rings is 1. The molecule has 174 valence electrons. The SMILES string of the molecule is Cc1ccc(-n2ncc3c(NC(=O)c4cc(CNC(=O)C(C)(C)C)ccc4Cl)cccc32)cn1. The second-order valence-corrected chi connectivity index (χ2v) is 9.56. The van der Waals surface area contributed by atoms with Crippen molar-refractivity contribution in [2.45, 2.75) is 34.2 Å². The van der Waals surface area contributed by atoms with Gasteiger partial charge in [0.1, 0.15) is 0 Å². The first kappa shape index (κ1) is 23.4. The quantitative estimate of drug-likeness (QED) is 0.410. The molecule has 0 aliphatic heterocycles. The lowest BCUT2D eigenvalue weighted by molar-refractivity contribution is -0.128. The maximum Gasteiger partial charge on any atom is 0.257 e. The Morgan fingerprint density at radius 3 is 2.56 bits per heavy atom. The van der Waals surface area contributed by atoms with Gasteiger partial charge in [-0.15, -0.1) is 0 Å². The van der Waals surface area contributed by atoms with Crippen LogP contribution in [-0.4, -0.2) is 26.6 Å².